The number of anilines is 1. The molecule has 0 aliphatic carbocycles. The summed E-state index contributed by atoms with van der Waals surface area (Å²) in [6.07, 6.45) is 2.08. The molecule has 3 aromatic rings. The van der Waals surface area contributed by atoms with E-state index < -0.39 is 0 Å². The fourth-order valence-electron chi connectivity index (χ4n) is 3.80. The van der Waals surface area contributed by atoms with Gasteiger partial charge in [0.2, 0.25) is 0 Å². The molecule has 1 N–H and O–H groups in total. The van der Waals surface area contributed by atoms with Gasteiger partial charge in [0.15, 0.2) is 5.82 Å². The monoisotopic (exact) mass is 462 g/mol. The minimum atomic E-state index is -0.315. The SMILES string of the molecule is CC(C)COC(=O)N1CCc2ccc(C(=O)Nc3cccc(-c4nncn4C(C)C)n3)cc2C1. The summed E-state index contributed by atoms with van der Waals surface area (Å²) in [5, 5.41) is 11.0. The van der Waals surface area contributed by atoms with Gasteiger partial charge >= 0.3 is 6.09 Å². The number of amides is 2. The van der Waals surface area contributed by atoms with Gasteiger partial charge in [-0.2, -0.15) is 0 Å². The maximum Gasteiger partial charge on any atom is 0.410 e. The molecule has 0 saturated heterocycles. The zero-order chi connectivity index (χ0) is 24.2. The van der Waals surface area contributed by atoms with E-state index in [9.17, 15) is 9.59 Å². The van der Waals surface area contributed by atoms with E-state index in [-0.39, 0.29) is 24.0 Å². The molecule has 2 amide bonds. The number of fused-ring (bicyclic) bond motifs is 1. The fraction of sp³-hybridized carbons (Fsp3) is 0.400. The highest BCUT2D eigenvalue weighted by Gasteiger charge is 2.23. The van der Waals surface area contributed by atoms with Gasteiger partial charge < -0.3 is 19.5 Å². The Morgan fingerprint density at radius 1 is 1.12 bits per heavy atom. The number of rotatable bonds is 6. The molecule has 0 spiro atoms. The quantitative estimate of drug-likeness (QED) is 0.585. The van der Waals surface area contributed by atoms with Crippen LogP contribution in [-0.4, -0.2) is 49.8 Å². The van der Waals surface area contributed by atoms with Gasteiger partial charge in [-0.3, -0.25) is 4.79 Å². The number of aromatic nitrogens is 4. The second-order valence-corrected chi connectivity index (χ2v) is 9.14. The van der Waals surface area contributed by atoms with Gasteiger partial charge in [0, 0.05) is 24.7 Å². The lowest BCUT2D eigenvalue weighted by atomic mass is 9.97. The van der Waals surface area contributed by atoms with Crippen LogP contribution in [0.4, 0.5) is 10.6 Å². The molecule has 9 heteroatoms. The van der Waals surface area contributed by atoms with Gasteiger partial charge in [0.05, 0.1) is 6.61 Å². The average molecular weight is 463 g/mol. The minimum absolute atomic E-state index is 0.183. The highest BCUT2D eigenvalue weighted by atomic mass is 16.6. The standard InChI is InChI=1S/C25H30N6O3/c1-16(2)14-34-25(33)30-11-10-18-8-9-19(12-20(18)13-30)24(32)28-22-7-5-6-21(27-22)23-29-26-15-31(23)17(3)4/h5-9,12,15-17H,10-11,13-14H2,1-4H3,(H,27,28,32). The lowest BCUT2D eigenvalue weighted by Gasteiger charge is -2.28. The number of benzene rings is 1. The number of pyridine rings is 1. The summed E-state index contributed by atoms with van der Waals surface area (Å²) in [6.45, 7) is 9.51. The number of hydrogen-bond acceptors (Lipinski definition) is 6. The molecule has 0 bridgehead atoms. The van der Waals surface area contributed by atoms with Crippen LogP contribution in [0.1, 0.15) is 55.2 Å². The molecular weight excluding hydrogens is 432 g/mol. The van der Waals surface area contributed by atoms with E-state index in [1.165, 1.54) is 0 Å². The van der Waals surface area contributed by atoms with Crippen molar-refractivity contribution >= 4 is 17.8 Å². The van der Waals surface area contributed by atoms with Crippen molar-refractivity contribution in [2.75, 3.05) is 18.5 Å². The van der Waals surface area contributed by atoms with Crippen LogP contribution < -0.4 is 5.32 Å². The van der Waals surface area contributed by atoms with Crippen LogP contribution in [0, 0.1) is 5.92 Å². The summed E-state index contributed by atoms with van der Waals surface area (Å²) in [7, 11) is 0. The highest BCUT2D eigenvalue weighted by Crippen LogP contribution is 2.23. The smallest absolute Gasteiger partial charge is 0.410 e. The van der Waals surface area contributed by atoms with E-state index in [4.69, 9.17) is 4.74 Å². The highest BCUT2D eigenvalue weighted by molar-refractivity contribution is 6.04. The molecule has 0 radical (unpaired) electrons. The van der Waals surface area contributed by atoms with E-state index in [1.54, 1.807) is 23.4 Å². The van der Waals surface area contributed by atoms with Crippen molar-refractivity contribution in [2.45, 2.75) is 46.7 Å². The zero-order valence-electron chi connectivity index (χ0n) is 20.0. The summed E-state index contributed by atoms with van der Waals surface area (Å²) >= 11 is 0. The molecule has 3 heterocycles. The second kappa shape index (κ2) is 10.0. The van der Waals surface area contributed by atoms with Crippen LogP contribution in [0.25, 0.3) is 11.5 Å². The number of nitrogens with zero attached hydrogens (tertiary/aromatic N) is 5. The summed E-state index contributed by atoms with van der Waals surface area (Å²) in [5.41, 5.74) is 3.23. The number of carbonyl (C=O) groups is 2. The Bertz CT molecular complexity index is 1190. The van der Waals surface area contributed by atoms with Crippen molar-refractivity contribution < 1.29 is 14.3 Å². The molecule has 1 aliphatic rings. The van der Waals surface area contributed by atoms with E-state index >= 15 is 0 Å². The Hall–Kier alpha value is -3.75. The van der Waals surface area contributed by atoms with Gasteiger partial charge in [-0.1, -0.05) is 26.0 Å². The first kappa shape index (κ1) is 23.4. The molecule has 34 heavy (non-hydrogen) atoms. The molecule has 178 valence electrons. The predicted octanol–water partition coefficient (Wildman–Crippen LogP) is 4.32. The van der Waals surface area contributed by atoms with E-state index in [0.717, 1.165) is 17.5 Å². The lowest BCUT2D eigenvalue weighted by molar-refractivity contribution is 0.0879. The summed E-state index contributed by atoms with van der Waals surface area (Å²) in [4.78, 5) is 31.6. The first-order valence-corrected chi connectivity index (χ1v) is 11.5. The first-order chi connectivity index (χ1) is 16.3. The normalized spacial score (nSPS) is 13.2. The van der Waals surface area contributed by atoms with Crippen molar-refractivity contribution in [3.05, 3.63) is 59.4 Å². The Balaban J connectivity index is 1.47. The third-order valence-electron chi connectivity index (χ3n) is 5.63. The second-order valence-electron chi connectivity index (χ2n) is 9.14. The summed E-state index contributed by atoms with van der Waals surface area (Å²) in [6, 6.07) is 11.2. The van der Waals surface area contributed by atoms with Crippen LogP contribution in [0.15, 0.2) is 42.7 Å². The van der Waals surface area contributed by atoms with Crippen LogP contribution in [-0.2, 0) is 17.7 Å². The maximum absolute atomic E-state index is 13.0. The molecule has 2 aromatic heterocycles. The molecule has 0 fully saturated rings. The van der Waals surface area contributed by atoms with Crippen LogP contribution in [0.5, 0.6) is 0 Å². The van der Waals surface area contributed by atoms with Crippen LogP contribution >= 0.6 is 0 Å². The Morgan fingerprint density at radius 2 is 1.94 bits per heavy atom. The largest absolute Gasteiger partial charge is 0.449 e. The molecular formula is C25H30N6O3. The molecule has 9 nitrogen and oxygen atoms in total. The third kappa shape index (κ3) is 5.24. The van der Waals surface area contributed by atoms with E-state index in [1.807, 2.05) is 56.5 Å². The van der Waals surface area contributed by atoms with Crippen molar-refractivity contribution in [3.63, 3.8) is 0 Å². The first-order valence-electron chi connectivity index (χ1n) is 11.5. The third-order valence-corrected chi connectivity index (χ3v) is 5.63. The van der Waals surface area contributed by atoms with Gasteiger partial charge in [-0.25, -0.2) is 9.78 Å². The van der Waals surface area contributed by atoms with Crippen LogP contribution in [0.2, 0.25) is 0 Å². The Labute approximate surface area is 199 Å². The molecule has 1 aliphatic heterocycles. The number of hydrogen-bond donors (Lipinski definition) is 1. The average Bonchev–Trinajstić information content (AvgIpc) is 3.32. The minimum Gasteiger partial charge on any atom is -0.449 e. The summed E-state index contributed by atoms with van der Waals surface area (Å²) < 4.78 is 7.29. The van der Waals surface area contributed by atoms with Crippen molar-refractivity contribution in [3.8, 4) is 11.5 Å². The van der Waals surface area contributed by atoms with E-state index in [2.05, 4.69) is 20.5 Å². The van der Waals surface area contributed by atoms with Gasteiger partial charge in [0.25, 0.3) is 5.91 Å². The zero-order valence-corrected chi connectivity index (χ0v) is 20.0. The lowest BCUT2D eigenvalue weighted by Crippen LogP contribution is -2.37. The van der Waals surface area contributed by atoms with Gasteiger partial charge in [-0.05, 0) is 61.6 Å². The van der Waals surface area contributed by atoms with Crippen molar-refractivity contribution in [1.29, 1.82) is 0 Å². The molecule has 4 rings (SSSR count). The van der Waals surface area contributed by atoms with Gasteiger partial charge in [-0.15, -0.1) is 10.2 Å². The van der Waals surface area contributed by atoms with Crippen molar-refractivity contribution in [2.24, 2.45) is 5.92 Å². The number of carbonyl (C=O) groups excluding carboxylic acids is 2. The molecule has 1 aromatic carbocycles. The molecule has 0 saturated carbocycles. The fourth-order valence-corrected chi connectivity index (χ4v) is 3.80. The Morgan fingerprint density at radius 3 is 2.71 bits per heavy atom. The maximum atomic E-state index is 13.0. The number of ether oxygens (including phenoxy) is 1. The topological polar surface area (TPSA) is 102 Å². The van der Waals surface area contributed by atoms with Crippen LogP contribution in [0.3, 0.4) is 0 Å². The van der Waals surface area contributed by atoms with E-state index in [0.29, 0.717) is 42.6 Å². The summed E-state index contributed by atoms with van der Waals surface area (Å²) in [5.74, 6) is 1.09. The van der Waals surface area contributed by atoms with Gasteiger partial charge in [0.1, 0.15) is 17.8 Å². The predicted molar refractivity (Wildman–Crippen MR) is 128 cm³/mol. The Kier molecular flexibility index (Phi) is 6.90. The molecule has 0 unspecified atom stereocenters. The molecule has 0 atom stereocenters. The van der Waals surface area contributed by atoms with Crippen molar-refractivity contribution in [1.82, 2.24) is 24.6 Å². The number of nitrogens with one attached hydrogen (secondary N) is 1.